The summed E-state index contributed by atoms with van der Waals surface area (Å²) in [7, 11) is 0. The number of aryl methyl sites for hydroxylation is 1. The van der Waals surface area contributed by atoms with Crippen molar-refractivity contribution in [2.45, 2.75) is 19.8 Å². The molecule has 0 aromatic heterocycles. The molecule has 2 amide bonds. The molecule has 0 radical (unpaired) electrons. The van der Waals surface area contributed by atoms with Gasteiger partial charge in [-0.15, -0.1) is 0 Å². The average molecular weight is 546 g/mol. The van der Waals surface area contributed by atoms with Crippen LogP contribution in [0.1, 0.15) is 18.4 Å². The third-order valence-corrected chi connectivity index (χ3v) is 5.32. The standard InChI is InChI=1S/C25H22BrClN2O5/c1-16-14-17(26)2-11-22(16)29-24(31)15-33-25(32)13-12-23(30)28-19-5-9-21(10-6-19)34-20-7-3-18(27)4-8-20/h2-11,14H,12-13,15H2,1H3,(H,28,30)(H,29,31). The topological polar surface area (TPSA) is 93.7 Å². The first-order valence-corrected chi connectivity index (χ1v) is 11.5. The normalized spacial score (nSPS) is 10.3. The summed E-state index contributed by atoms with van der Waals surface area (Å²) < 4.78 is 11.6. The van der Waals surface area contributed by atoms with Crippen molar-refractivity contribution >= 4 is 56.7 Å². The monoisotopic (exact) mass is 544 g/mol. The minimum atomic E-state index is -0.635. The van der Waals surface area contributed by atoms with Gasteiger partial charge in [-0.3, -0.25) is 14.4 Å². The molecule has 3 aromatic carbocycles. The van der Waals surface area contributed by atoms with E-state index in [2.05, 4.69) is 26.6 Å². The Morgan fingerprint density at radius 1 is 0.853 bits per heavy atom. The minimum absolute atomic E-state index is 0.0741. The van der Waals surface area contributed by atoms with Crippen LogP contribution < -0.4 is 15.4 Å². The highest BCUT2D eigenvalue weighted by Crippen LogP contribution is 2.24. The fourth-order valence-corrected chi connectivity index (χ4v) is 3.46. The molecule has 176 valence electrons. The largest absolute Gasteiger partial charge is 0.457 e. The van der Waals surface area contributed by atoms with Gasteiger partial charge in [-0.25, -0.2) is 0 Å². The molecular weight excluding hydrogens is 524 g/mol. The summed E-state index contributed by atoms with van der Waals surface area (Å²) in [6, 6.07) is 19.2. The minimum Gasteiger partial charge on any atom is -0.457 e. The molecule has 0 fully saturated rings. The SMILES string of the molecule is Cc1cc(Br)ccc1NC(=O)COC(=O)CCC(=O)Nc1ccc(Oc2ccc(Cl)cc2)cc1. The van der Waals surface area contributed by atoms with Crippen molar-refractivity contribution in [3.05, 3.63) is 81.8 Å². The quantitative estimate of drug-likeness (QED) is 0.317. The Balaban J connectivity index is 1.37. The van der Waals surface area contributed by atoms with Gasteiger partial charge in [0.25, 0.3) is 5.91 Å². The van der Waals surface area contributed by atoms with Crippen LogP contribution in [0.25, 0.3) is 0 Å². The summed E-state index contributed by atoms with van der Waals surface area (Å²) >= 11 is 9.21. The molecule has 0 atom stereocenters. The zero-order chi connectivity index (χ0) is 24.5. The summed E-state index contributed by atoms with van der Waals surface area (Å²) in [5.74, 6) is -0.201. The second kappa shape index (κ2) is 12.2. The zero-order valence-electron chi connectivity index (χ0n) is 18.3. The van der Waals surface area contributed by atoms with Crippen molar-refractivity contribution in [3.8, 4) is 11.5 Å². The predicted octanol–water partition coefficient (Wildman–Crippen LogP) is 6.10. The average Bonchev–Trinajstić information content (AvgIpc) is 2.81. The van der Waals surface area contributed by atoms with E-state index in [4.69, 9.17) is 21.1 Å². The van der Waals surface area contributed by atoms with E-state index in [-0.39, 0.29) is 18.7 Å². The Morgan fingerprint density at radius 2 is 1.50 bits per heavy atom. The van der Waals surface area contributed by atoms with E-state index >= 15 is 0 Å². The molecule has 0 unspecified atom stereocenters. The van der Waals surface area contributed by atoms with Crippen LogP contribution in [0.5, 0.6) is 11.5 Å². The number of nitrogens with one attached hydrogen (secondary N) is 2. The second-order valence-corrected chi connectivity index (χ2v) is 8.65. The zero-order valence-corrected chi connectivity index (χ0v) is 20.6. The molecule has 0 aliphatic carbocycles. The Kier molecular flexibility index (Phi) is 9.07. The number of anilines is 2. The maximum Gasteiger partial charge on any atom is 0.306 e. The summed E-state index contributed by atoms with van der Waals surface area (Å²) in [4.78, 5) is 36.0. The summed E-state index contributed by atoms with van der Waals surface area (Å²) in [6.07, 6.45) is -0.219. The Hall–Kier alpha value is -3.36. The van der Waals surface area contributed by atoms with Crippen LogP contribution in [0, 0.1) is 6.92 Å². The van der Waals surface area contributed by atoms with Gasteiger partial charge in [-0.05, 0) is 79.2 Å². The Bertz CT molecular complexity index is 1170. The third-order valence-electron chi connectivity index (χ3n) is 4.57. The number of amides is 2. The molecule has 0 aliphatic rings. The number of carbonyl (C=O) groups excluding carboxylic acids is 3. The molecule has 2 N–H and O–H groups in total. The van der Waals surface area contributed by atoms with Crippen LogP contribution in [-0.4, -0.2) is 24.4 Å². The van der Waals surface area contributed by atoms with E-state index in [0.717, 1.165) is 10.0 Å². The summed E-state index contributed by atoms with van der Waals surface area (Å²) in [5.41, 5.74) is 2.06. The van der Waals surface area contributed by atoms with E-state index < -0.39 is 18.5 Å². The summed E-state index contributed by atoms with van der Waals surface area (Å²) in [5, 5.41) is 6.00. The number of hydrogen-bond donors (Lipinski definition) is 2. The van der Waals surface area contributed by atoms with Crippen molar-refractivity contribution < 1.29 is 23.9 Å². The molecule has 9 heteroatoms. The van der Waals surface area contributed by atoms with Crippen molar-refractivity contribution in [1.29, 1.82) is 0 Å². The lowest BCUT2D eigenvalue weighted by Crippen LogP contribution is -2.22. The van der Waals surface area contributed by atoms with Gasteiger partial charge in [0.15, 0.2) is 6.61 Å². The van der Waals surface area contributed by atoms with Gasteiger partial charge in [0.05, 0.1) is 6.42 Å². The Morgan fingerprint density at radius 3 is 2.15 bits per heavy atom. The van der Waals surface area contributed by atoms with Crippen LogP contribution in [-0.2, 0) is 19.1 Å². The van der Waals surface area contributed by atoms with Crippen LogP contribution in [0.3, 0.4) is 0 Å². The van der Waals surface area contributed by atoms with Crippen molar-refractivity contribution in [2.75, 3.05) is 17.2 Å². The highest BCUT2D eigenvalue weighted by molar-refractivity contribution is 9.10. The lowest BCUT2D eigenvalue weighted by Gasteiger charge is -2.10. The smallest absolute Gasteiger partial charge is 0.306 e. The molecule has 0 aliphatic heterocycles. The van der Waals surface area contributed by atoms with E-state index in [9.17, 15) is 14.4 Å². The summed E-state index contributed by atoms with van der Waals surface area (Å²) in [6.45, 7) is 1.43. The highest BCUT2D eigenvalue weighted by atomic mass is 79.9. The highest BCUT2D eigenvalue weighted by Gasteiger charge is 2.12. The number of benzene rings is 3. The lowest BCUT2D eigenvalue weighted by molar-refractivity contribution is -0.147. The van der Waals surface area contributed by atoms with Crippen LogP contribution in [0.2, 0.25) is 5.02 Å². The lowest BCUT2D eigenvalue weighted by atomic mass is 10.2. The fourth-order valence-electron chi connectivity index (χ4n) is 2.86. The number of halogens is 2. The second-order valence-electron chi connectivity index (χ2n) is 7.30. The fraction of sp³-hybridized carbons (Fsp3) is 0.160. The maximum atomic E-state index is 12.1. The van der Waals surface area contributed by atoms with Gasteiger partial charge < -0.3 is 20.1 Å². The first-order chi connectivity index (χ1) is 16.3. The molecule has 3 rings (SSSR count). The van der Waals surface area contributed by atoms with Gasteiger partial charge >= 0.3 is 5.97 Å². The number of rotatable bonds is 9. The molecular formula is C25H22BrClN2O5. The molecule has 0 spiro atoms. The van der Waals surface area contributed by atoms with Crippen LogP contribution in [0.4, 0.5) is 11.4 Å². The first kappa shape index (κ1) is 25.3. The predicted molar refractivity (Wildman–Crippen MR) is 134 cm³/mol. The van der Waals surface area contributed by atoms with Crippen molar-refractivity contribution in [1.82, 2.24) is 0 Å². The Labute approximate surface area is 210 Å². The van der Waals surface area contributed by atoms with Gasteiger partial charge in [-0.2, -0.15) is 0 Å². The number of carbonyl (C=O) groups is 3. The van der Waals surface area contributed by atoms with Gasteiger partial charge in [-0.1, -0.05) is 27.5 Å². The van der Waals surface area contributed by atoms with Crippen LogP contribution in [0.15, 0.2) is 71.2 Å². The molecule has 7 nitrogen and oxygen atoms in total. The van der Waals surface area contributed by atoms with E-state index in [1.54, 1.807) is 60.7 Å². The van der Waals surface area contributed by atoms with Gasteiger partial charge in [0, 0.05) is 27.3 Å². The van der Waals surface area contributed by atoms with Gasteiger partial charge in [0.2, 0.25) is 5.91 Å². The third kappa shape index (κ3) is 8.20. The maximum absolute atomic E-state index is 12.1. The van der Waals surface area contributed by atoms with E-state index in [1.165, 1.54) is 0 Å². The number of hydrogen-bond acceptors (Lipinski definition) is 5. The molecule has 0 bridgehead atoms. The molecule has 0 saturated carbocycles. The number of esters is 1. The molecule has 34 heavy (non-hydrogen) atoms. The van der Waals surface area contributed by atoms with E-state index in [1.807, 2.05) is 13.0 Å². The number of ether oxygens (including phenoxy) is 2. The first-order valence-electron chi connectivity index (χ1n) is 10.3. The molecule has 3 aromatic rings. The molecule has 0 heterocycles. The van der Waals surface area contributed by atoms with Gasteiger partial charge in [0.1, 0.15) is 11.5 Å². The van der Waals surface area contributed by atoms with Crippen molar-refractivity contribution in [2.24, 2.45) is 0 Å². The molecule has 0 saturated heterocycles. The van der Waals surface area contributed by atoms with E-state index in [0.29, 0.717) is 27.9 Å². The van der Waals surface area contributed by atoms with Crippen LogP contribution >= 0.6 is 27.5 Å². The van der Waals surface area contributed by atoms with Crippen molar-refractivity contribution in [3.63, 3.8) is 0 Å².